The Hall–Kier alpha value is -2.63. The molecular formula is C22H18ClN3OS. The van der Waals surface area contributed by atoms with Crippen molar-refractivity contribution in [3.05, 3.63) is 93.4 Å². The smallest absolute Gasteiger partial charge is 0.267 e. The highest BCUT2D eigenvalue weighted by molar-refractivity contribution is 7.99. The molecule has 0 N–H and O–H groups in total. The van der Waals surface area contributed by atoms with Gasteiger partial charge in [0.15, 0.2) is 5.16 Å². The average Bonchev–Trinajstić information content (AvgIpc) is 2.70. The van der Waals surface area contributed by atoms with Crippen LogP contribution < -0.4 is 5.56 Å². The second kappa shape index (κ2) is 7.78. The molecule has 0 saturated heterocycles. The van der Waals surface area contributed by atoms with Gasteiger partial charge in [-0.1, -0.05) is 59.8 Å². The Morgan fingerprint density at radius 1 is 1.04 bits per heavy atom. The molecule has 0 spiro atoms. The summed E-state index contributed by atoms with van der Waals surface area (Å²) in [4.78, 5) is 22.5. The Morgan fingerprint density at radius 2 is 1.79 bits per heavy atom. The van der Waals surface area contributed by atoms with E-state index in [1.165, 1.54) is 11.8 Å². The van der Waals surface area contributed by atoms with E-state index < -0.39 is 0 Å². The fourth-order valence-electron chi connectivity index (χ4n) is 3.01. The summed E-state index contributed by atoms with van der Waals surface area (Å²) in [6, 6.07) is 18.9. The molecule has 1 atom stereocenters. The van der Waals surface area contributed by atoms with E-state index in [0.717, 1.165) is 11.1 Å². The van der Waals surface area contributed by atoms with Gasteiger partial charge in [0.25, 0.3) is 5.56 Å². The summed E-state index contributed by atoms with van der Waals surface area (Å²) in [5.41, 5.74) is 2.57. The van der Waals surface area contributed by atoms with Gasteiger partial charge < -0.3 is 0 Å². The topological polar surface area (TPSA) is 47.8 Å². The van der Waals surface area contributed by atoms with E-state index in [1.54, 1.807) is 16.8 Å². The van der Waals surface area contributed by atoms with Gasteiger partial charge in [0, 0.05) is 16.5 Å². The number of thioether (sulfide) groups is 1. The monoisotopic (exact) mass is 407 g/mol. The van der Waals surface area contributed by atoms with Gasteiger partial charge >= 0.3 is 0 Å². The van der Waals surface area contributed by atoms with Gasteiger partial charge in [0.05, 0.1) is 10.9 Å². The van der Waals surface area contributed by atoms with Gasteiger partial charge in [-0.15, -0.1) is 0 Å². The molecule has 0 radical (unpaired) electrons. The fourth-order valence-corrected chi connectivity index (χ4v) is 4.46. The van der Waals surface area contributed by atoms with E-state index in [2.05, 4.69) is 11.9 Å². The summed E-state index contributed by atoms with van der Waals surface area (Å²) >= 11 is 7.86. The predicted molar refractivity (Wildman–Crippen MR) is 116 cm³/mol. The zero-order valence-corrected chi connectivity index (χ0v) is 17.0. The average molecular weight is 408 g/mol. The molecule has 4 aromatic rings. The standard InChI is InChI=1S/C22H18ClN3OS/c1-14-11-12-20(24-13-14)26-21(27)17-8-4-6-10-19(17)25-22(26)28-15(2)16-7-3-5-9-18(16)23/h3-13,15H,1-2H3. The molecular weight excluding hydrogens is 390 g/mol. The maximum atomic E-state index is 13.3. The van der Waals surface area contributed by atoms with Crippen molar-refractivity contribution in [1.82, 2.24) is 14.5 Å². The van der Waals surface area contributed by atoms with Gasteiger partial charge in [-0.2, -0.15) is 0 Å². The molecule has 2 aromatic carbocycles. The Bertz CT molecular complexity index is 1200. The minimum Gasteiger partial charge on any atom is -0.268 e. The van der Waals surface area contributed by atoms with Crippen LogP contribution in [0.4, 0.5) is 0 Å². The van der Waals surface area contributed by atoms with E-state index in [9.17, 15) is 4.79 Å². The van der Waals surface area contributed by atoms with Crippen LogP contribution in [0.25, 0.3) is 16.7 Å². The highest BCUT2D eigenvalue weighted by Crippen LogP contribution is 2.37. The lowest BCUT2D eigenvalue weighted by Gasteiger charge is -2.17. The Kier molecular flexibility index (Phi) is 5.20. The van der Waals surface area contributed by atoms with Crippen molar-refractivity contribution in [3.63, 3.8) is 0 Å². The van der Waals surface area contributed by atoms with Crippen LogP contribution in [-0.2, 0) is 0 Å². The number of aryl methyl sites for hydroxylation is 1. The van der Waals surface area contributed by atoms with Crippen molar-refractivity contribution in [1.29, 1.82) is 0 Å². The number of fused-ring (bicyclic) bond motifs is 1. The van der Waals surface area contributed by atoms with E-state index >= 15 is 0 Å². The zero-order valence-electron chi connectivity index (χ0n) is 15.5. The summed E-state index contributed by atoms with van der Waals surface area (Å²) in [6.07, 6.45) is 1.75. The van der Waals surface area contributed by atoms with E-state index in [1.807, 2.05) is 61.5 Å². The van der Waals surface area contributed by atoms with Crippen LogP contribution in [0.2, 0.25) is 5.02 Å². The molecule has 0 aliphatic rings. The number of benzene rings is 2. The van der Waals surface area contributed by atoms with Crippen LogP contribution in [0.3, 0.4) is 0 Å². The molecule has 2 aromatic heterocycles. The summed E-state index contributed by atoms with van der Waals surface area (Å²) in [6.45, 7) is 4.02. The van der Waals surface area contributed by atoms with Crippen molar-refractivity contribution in [2.75, 3.05) is 0 Å². The minimum atomic E-state index is -0.129. The molecule has 1 unspecified atom stereocenters. The van der Waals surface area contributed by atoms with Crippen LogP contribution in [0.1, 0.15) is 23.3 Å². The van der Waals surface area contributed by atoms with E-state index in [0.29, 0.717) is 26.9 Å². The zero-order chi connectivity index (χ0) is 19.7. The van der Waals surface area contributed by atoms with Gasteiger partial charge in [-0.05, 0) is 49.2 Å². The highest BCUT2D eigenvalue weighted by Gasteiger charge is 2.18. The first-order valence-corrected chi connectivity index (χ1v) is 10.2. The summed E-state index contributed by atoms with van der Waals surface area (Å²) in [7, 11) is 0. The molecule has 0 saturated carbocycles. The summed E-state index contributed by atoms with van der Waals surface area (Å²) < 4.78 is 1.58. The number of hydrogen-bond donors (Lipinski definition) is 0. The number of aromatic nitrogens is 3. The molecule has 4 nitrogen and oxygen atoms in total. The molecule has 28 heavy (non-hydrogen) atoms. The quantitative estimate of drug-likeness (QED) is 0.326. The number of para-hydroxylation sites is 1. The van der Waals surface area contributed by atoms with E-state index in [-0.39, 0.29) is 10.8 Å². The van der Waals surface area contributed by atoms with Crippen LogP contribution >= 0.6 is 23.4 Å². The highest BCUT2D eigenvalue weighted by atomic mass is 35.5. The number of pyridine rings is 1. The second-order valence-corrected chi connectivity index (χ2v) is 8.24. The molecule has 6 heteroatoms. The van der Waals surface area contributed by atoms with Crippen LogP contribution in [0, 0.1) is 6.92 Å². The van der Waals surface area contributed by atoms with Crippen molar-refractivity contribution >= 4 is 34.3 Å². The van der Waals surface area contributed by atoms with Crippen LogP contribution in [-0.4, -0.2) is 14.5 Å². The van der Waals surface area contributed by atoms with Crippen molar-refractivity contribution in [3.8, 4) is 5.82 Å². The number of nitrogens with zero attached hydrogens (tertiary/aromatic N) is 3. The van der Waals surface area contributed by atoms with Crippen molar-refractivity contribution in [2.24, 2.45) is 0 Å². The molecule has 0 amide bonds. The number of hydrogen-bond acceptors (Lipinski definition) is 4. The number of halogens is 1. The first-order valence-electron chi connectivity index (χ1n) is 8.90. The van der Waals surface area contributed by atoms with E-state index in [4.69, 9.17) is 16.6 Å². The second-order valence-electron chi connectivity index (χ2n) is 6.53. The SMILES string of the molecule is Cc1ccc(-n2c(SC(C)c3ccccc3Cl)nc3ccccc3c2=O)nc1. The summed E-state index contributed by atoms with van der Waals surface area (Å²) in [5.74, 6) is 0.558. The normalized spacial score (nSPS) is 12.2. The largest absolute Gasteiger partial charge is 0.268 e. The molecule has 0 fully saturated rings. The third kappa shape index (κ3) is 3.55. The van der Waals surface area contributed by atoms with Gasteiger partial charge in [-0.3, -0.25) is 4.79 Å². The third-order valence-corrected chi connectivity index (χ3v) is 5.93. The molecule has 0 bridgehead atoms. The Morgan fingerprint density at radius 3 is 2.54 bits per heavy atom. The van der Waals surface area contributed by atoms with Crippen LogP contribution in [0.5, 0.6) is 0 Å². The lowest BCUT2D eigenvalue weighted by atomic mass is 10.2. The Labute approximate surface area is 172 Å². The fraction of sp³-hybridized carbons (Fsp3) is 0.136. The lowest BCUT2D eigenvalue weighted by molar-refractivity contribution is 0.791. The molecule has 2 heterocycles. The van der Waals surface area contributed by atoms with Crippen molar-refractivity contribution < 1.29 is 0 Å². The predicted octanol–water partition coefficient (Wildman–Crippen LogP) is 5.60. The maximum Gasteiger partial charge on any atom is 0.267 e. The third-order valence-electron chi connectivity index (χ3n) is 4.50. The molecule has 4 rings (SSSR count). The Balaban J connectivity index is 1.89. The molecule has 140 valence electrons. The lowest BCUT2D eigenvalue weighted by Crippen LogP contribution is -2.22. The minimum absolute atomic E-state index is 0.0125. The molecule has 0 aliphatic carbocycles. The van der Waals surface area contributed by atoms with Crippen LogP contribution in [0.15, 0.2) is 76.8 Å². The van der Waals surface area contributed by atoms with Crippen molar-refractivity contribution in [2.45, 2.75) is 24.3 Å². The van der Waals surface area contributed by atoms with Gasteiger partial charge in [0.2, 0.25) is 0 Å². The first-order chi connectivity index (χ1) is 13.5. The summed E-state index contributed by atoms with van der Waals surface area (Å²) in [5, 5.41) is 1.87. The van der Waals surface area contributed by atoms with Gasteiger partial charge in [-0.25, -0.2) is 14.5 Å². The number of rotatable bonds is 4. The first kappa shape index (κ1) is 18.7. The molecule has 0 aliphatic heterocycles. The van der Waals surface area contributed by atoms with Gasteiger partial charge in [0.1, 0.15) is 5.82 Å². The maximum absolute atomic E-state index is 13.3.